The zero-order chi connectivity index (χ0) is 17.1. The van der Waals surface area contributed by atoms with Crippen LogP contribution in [0.4, 0.5) is 11.6 Å². The van der Waals surface area contributed by atoms with Gasteiger partial charge in [-0.05, 0) is 30.7 Å². The molecule has 4 rings (SSSR count). The fourth-order valence-electron chi connectivity index (χ4n) is 3.36. The van der Waals surface area contributed by atoms with E-state index in [-0.39, 0.29) is 0 Å². The molecule has 2 aliphatic rings. The van der Waals surface area contributed by atoms with Crippen molar-refractivity contribution in [3.8, 4) is 11.1 Å². The van der Waals surface area contributed by atoms with Gasteiger partial charge in [0.2, 0.25) is 0 Å². The fourth-order valence-corrected chi connectivity index (χ4v) is 3.36. The summed E-state index contributed by atoms with van der Waals surface area (Å²) in [5.74, 6) is 2.04. The average Bonchev–Trinajstić information content (AvgIpc) is 2.69. The molecular weight excluding hydrogens is 316 g/mol. The number of anilines is 2. The Hall–Kier alpha value is -2.18. The molecule has 2 saturated heterocycles. The number of morpholine rings is 2. The lowest BCUT2D eigenvalue weighted by atomic mass is 10.0. The second-order valence-corrected chi connectivity index (χ2v) is 6.41. The molecule has 2 aliphatic heterocycles. The highest BCUT2D eigenvalue weighted by atomic mass is 16.5. The highest BCUT2D eigenvalue weighted by Crippen LogP contribution is 2.30. The van der Waals surface area contributed by atoms with Gasteiger partial charge < -0.3 is 19.3 Å². The number of aromatic nitrogens is 2. The molecule has 2 aromatic rings. The van der Waals surface area contributed by atoms with E-state index in [4.69, 9.17) is 14.5 Å². The number of rotatable bonds is 3. The van der Waals surface area contributed by atoms with Gasteiger partial charge in [-0.2, -0.15) is 0 Å². The van der Waals surface area contributed by atoms with E-state index in [1.54, 1.807) is 0 Å². The molecule has 0 spiro atoms. The van der Waals surface area contributed by atoms with Crippen molar-refractivity contribution in [2.45, 2.75) is 6.92 Å². The Kier molecular flexibility index (Phi) is 4.81. The van der Waals surface area contributed by atoms with Gasteiger partial charge in [0.15, 0.2) is 0 Å². The highest BCUT2D eigenvalue weighted by molar-refractivity contribution is 5.72. The summed E-state index contributed by atoms with van der Waals surface area (Å²) in [4.78, 5) is 14.0. The molecule has 6 heteroatoms. The molecular formula is C19H24N4O2. The Morgan fingerprint density at radius 1 is 0.880 bits per heavy atom. The number of aryl methyl sites for hydroxylation is 1. The van der Waals surface area contributed by atoms with E-state index in [0.29, 0.717) is 0 Å². The Balaban J connectivity index is 1.75. The van der Waals surface area contributed by atoms with Gasteiger partial charge in [0.1, 0.15) is 11.6 Å². The summed E-state index contributed by atoms with van der Waals surface area (Å²) in [5.41, 5.74) is 3.37. The van der Waals surface area contributed by atoms with Gasteiger partial charge in [-0.3, -0.25) is 4.98 Å². The Morgan fingerprint density at radius 2 is 1.44 bits per heavy atom. The molecule has 25 heavy (non-hydrogen) atoms. The molecule has 0 aliphatic carbocycles. The normalized spacial score (nSPS) is 18.4. The monoisotopic (exact) mass is 340 g/mol. The van der Waals surface area contributed by atoms with Crippen molar-refractivity contribution in [1.29, 1.82) is 0 Å². The van der Waals surface area contributed by atoms with Crippen LogP contribution >= 0.6 is 0 Å². The number of nitrogens with zero attached hydrogens (tertiary/aromatic N) is 4. The molecule has 0 radical (unpaired) electrons. The van der Waals surface area contributed by atoms with Crippen molar-refractivity contribution < 1.29 is 9.47 Å². The molecule has 0 N–H and O–H groups in total. The van der Waals surface area contributed by atoms with Crippen LogP contribution in [0.1, 0.15) is 5.69 Å². The quantitative estimate of drug-likeness (QED) is 0.853. The third kappa shape index (κ3) is 3.60. The summed E-state index contributed by atoms with van der Waals surface area (Å²) < 4.78 is 11.0. The van der Waals surface area contributed by atoms with Gasteiger partial charge in [0, 0.05) is 43.6 Å². The van der Waals surface area contributed by atoms with E-state index in [0.717, 1.165) is 75.5 Å². The molecule has 6 nitrogen and oxygen atoms in total. The minimum absolute atomic E-state index is 0.755. The SMILES string of the molecule is Cc1ncccc1-c1cc(N2CCOCC2)nc(N2CCOCC2)c1. The smallest absolute Gasteiger partial charge is 0.131 e. The predicted octanol–water partition coefficient (Wildman–Crippen LogP) is 2.13. The highest BCUT2D eigenvalue weighted by Gasteiger charge is 2.19. The van der Waals surface area contributed by atoms with Crippen molar-refractivity contribution in [3.63, 3.8) is 0 Å². The molecule has 0 aromatic carbocycles. The van der Waals surface area contributed by atoms with Crippen LogP contribution in [0, 0.1) is 6.92 Å². The van der Waals surface area contributed by atoms with Crippen LogP contribution in [0.25, 0.3) is 11.1 Å². The van der Waals surface area contributed by atoms with E-state index in [1.807, 2.05) is 12.3 Å². The Morgan fingerprint density at radius 3 is 1.96 bits per heavy atom. The number of ether oxygens (including phenoxy) is 2. The van der Waals surface area contributed by atoms with Crippen LogP contribution in [0.2, 0.25) is 0 Å². The minimum atomic E-state index is 0.755. The summed E-state index contributed by atoms with van der Waals surface area (Å²) in [7, 11) is 0. The first-order valence-corrected chi connectivity index (χ1v) is 8.91. The molecule has 0 unspecified atom stereocenters. The topological polar surface area (TPSA) is 50.7 Å². The van der Waals surface area contributed by atoms with Gasteiger partial charge >= 0.3 is 0 Å². The molecule has 0 atom stereocenters. The van der Waals surface area contributed by atoms with Crippen LogP contribution in [0.5, 0.6) is 0 Å². The van der Waals surface area contributed by atoms with E-state index >= 15 is 0 Å². The first-order chi connectivity index (χ1) is 12.3. The zero-order valence-electron chi connectivity index (χ0n) is 14.6. The first kappa shape index (κ1) is 16.3. The van der Waals surface area contributed by atoms with Crippen LogP contribution in [-0.2, 0) is 9.47 Å². The van der Waals surface area contributed by atoms with Gasteiger partial charge in [-0.15, -0.1) is 0 Å². The molecule has 2 aromatic heterocycles. The minimum Gasteiger partial charge on any atom is -0.378 e. The Labute approximate surface area is 148 Å². The van der Waals surface area contributed by atoms with Crippen molar-refractivity contribution >= 4 is 11.6 Å². The van der Waals surface area contributed by atoms with E-state index in [1.165, 1.54) is 5.56 Å². The van der Waals surface area contributed by atoms with Crippen LogP contribution in [0.15, 0.2) is 30.5 Å². The van der Waals surface area contributed by atoms with Gasteiger partial charge in [-0.1, -0.05) is 6.07 Å². The van der Waals surface area contributed by atoms with Crippen LogP contribution in [0.3, 0.4) is 0 Å². The van der Waals surface area contributed by atoms with E-state index < -0.39 is 0 Å². The second kappa shape index (κ2) is 7.37. The van der Waals surface area contributed by atoms with Crippen molar-refractivity contribution in [3.05, 3.63) is 36.2 Å². The maximum absolute atomic E-state index is 5.50. The number of hydrogen-bond acceptors (Lipinski definition) is 6. The van der Waals surface area contributed by atoms with Gasteiger partial charge in [-0.25, -0.2) is 4.98 Å². The summed E-state index contributed by atoms with van der Waals surface area (Å²) in [6.07, 6.45) is 1.84. The molecule has 2 fully saturated rings. The lowest BCUT2D eigenvalue weighted by Crippen LogP contribution is -2.39. The molecule has 4 heterocycles. The summed E-state index contributed by atoms with van der Waals surface area (Å²) >= 11 is 0. The van der Waals surface area contributed by atoms with Crippen LogP contribution < -0.4 is 9.80 Å². The van der Waals surface area contributed by atoms with E-state index in [9.17, 15) is 0 Å². The lowest BCUT2D eigenvalue weighted by molar-refractivity contribution is 0.121. The average molecular weight is 340 g/mol. The third-order valence-corrected chi connectivity index (χ3v) is 4.79. The molecule has 0 bridgehead atoms. The number of hydrogen-bond donors (Lipinski definition) is 0. The third-order valence-electron chi connectivity index (χ3n) is 4.79. The standard InChI is InChI=1S/C19H24N4O2/c1-15-17(3-2-4-20-15)16-13-18(22-5-9-24-10-6-22)21-19(14-16)23-7-11-25-12-8-23/h2-4,13-14H,5-12H2,1H3. The zero-order valence-corrected chi connectivity index (χ0v) is 14.6. The fraction of sp³-hybridized carbons (Fsp3) is 0.474. The number of pyridine rings is 2. The van der Waals surface area contributed by atoms with Crippen molar-refractivity contribution in [2.75, 3.05) is 62.4 Å². The van der Waals surface area contributed by atoms with Crippen molar-refractivity contribution in [2.24, 2.45) is 0 Å². The maximum atomic E-state index is 5.50. The van der Waals surface area contributed by atoms with Gasteiger partial charge in [0.05, 0.1) is 26.4 Å². The lowest BCUT2D eigenvalue weighted by Gasteiger charge is -2.32. The van der Waals surface area contributed by atoms with Gasteiger partial charge in [0.25, 0.3) is 0 Å². The summed E-state index contributed by atoms with van der Waals surface area (Å²) in [6, 6.07) is 8.48. The largest absolute Gasteiger partial charge is 0.378 e. The summed E-state index contributed by atoms with van der Waals surface area (Å²) in [5, 5.41) is 0. The van der Waals surface area contributed by atoms with E-state index in [2.05, 4.69) is 39.9 Å². The van der Waals surface area contributed by atoms with Crippen molar-refractivity contribution in [1.82, 2.24) is 9.97 Å². The summed E-state index contributed by atoms with van der Waals surface area (Å²) in [6.45, 7) is 8.59. The molecule has 132 valence electrons. The maximum Gasteiger partial charge on any atom is 0.131 e. The first-order valence-electron chi connectivity index (χ1n) is 8.91. The Bertz CT molecular complexity index is 689. The predicted molar refractivity (Wildman–Crippen MR) is 98.3 cm³/mol. The molecule has 0 saturated carbocycles. The van der Waals surface area contributed by atoms with Crippen LogP contribution in [-0.4, -0.2) is 62.6 Å². The second-order valence-electron chi connectivity index (χ2n) is 6.41. The molecule has 0 amide bonds.